The molecule has 0 saturated carbocycles. The number of aryl methyl sites for hydroxylation is 2. The Labute approximate surface area is 139 Å². The second-order valence-corrected chi connectivity index (χ2v) is 6.40. The molecule has 2 aromatic rings. The van der Waals surface area contributed by atoms with Gasteiger partial charge in [0.1, 0.15) is 5.02 Å². The second-order valence-electron chi connectivity index (χ2n) is 6.00. The Hall–Kier alpha value is -2.07. The van der Waals surface area contributed by atoms with Gasteiger partial charge < -0.3 is 10.3 Å². The van der Waals surface area contributed by atoms with E-state index in [-0.39, 0.29) is 17.0 Å². The Morgan fingerprint density at radius 3 is 2.70 bits per heavy atom. The van der Waals surface area contributed by atoms with E-state index >= 15 is 0 Å². The molecule has 1 aromatic carbocycles. The summed E-state index contributed by atoms with van der Waals surface area (Å²) in [4.78, 5) is 26.0. The fraction of sp³-hybridized carbons (Fsp3) is 0.333. The zero-order valence-corrected chi connectivity index (χ0v) is 13.7. The molecule has 0 bridgehead atoms. The lowest BCUT2D eigenvalue weighted by atomic mass is 9.89. The molecular formula is C18H19ClN2O2. The van der Waals surface area contributed by atoms with Crippen LogP contribution in [-0.2, 0) is 12.8 Å². The van der Waals surface area contributed by atoms with Crippen LogP contribution in [-0.4, -0.2) is 10.9 Å². The zero-order chi connectivity index (χ0) is 16.4. The minimum absolute atomic E-state index is 0.0130. The molecule has 0 fully saturated rings. The van der Waals surface area contributed by atoms with Gasteiger partial charge in [0.2, 0.25) is 0 Å². The van der Waals surface area contributed by atoms with Crippen LogP contribution in [0.25, 0.3) is 0 Å². The SMILES string of the molecule is C[C@@H](NC(=O)c1c[nH]c(=O)c(Cl)c1)c1ccc2c(c1)CCCC2. The van der Waals surface area contributed by atoms with Gasteiger partial charge in [-0.05, 0) is 55.4 Å². The molecule has 2 N–H and O–H groups in total. The molecule has 5 heteroatoms. The molecule has 0 unspecified atom stereocenters. The summed E-state index contributed by atoms with van der Waals surface area (Å²) in [6.45, 7) is 1.95. The van der Waals surface area contributed by atoms with Crippen LogP contribution >= 0.6 is 11.6 Å². The van der Waals surface area contributed by atoms with Gasteiger partial charge in [0, 0.05) is 6.20 Å². The Balaban J connectivity index is 1.75. The quantitative estimate of drug-likeness (QED) is 0.906. The highest BCUT2D eigenvalue weighted by atomic mass is 35.5. The van der Waals surface area contributed by atoms with Crippen molar-refractivity contribution in [3.63, 3.8) is 0 Å². The highest BCUT2D eigenvalue weighted by Crippen LogP contribution is 2.24. The summed E-state index contributed by atoms with van der Waals surface area (Å²) in [6, 6.07) is 7.72. The summed E-state index contributed by atoms with van der Waals surface area (Å²) in [5.74, 6) is -0.256. The van der Waals surface area contributed by atoms with Crippen molar-refractivity contribution in [1.29, 1.82) is 0 Å². The van der Waals surface area contributed by atoms with Gasteiger partial charge in [-0.1, -0.05) is 29.8 Å². The average molecular weight is 331 g/mol. The van der Waals surface area contributed by atoms with Crippen LogP contribution in [0.1, 0.15) is 52.9 Å². The lowest BCUT2D eigenvalue weighted by Gasteiger charge is -2.20. The third-order valence-corrected chi connectivity index (χ3v) is 4.62. The number of aromatic amines is 1. The summed E-state index contributed by atoms with van der Waals surface area (Å²) in [7, 11) is 0. The largest absolute Gasteiger partial charge is 0.345 e. The van der Waals surface area contributed by atoms with Crippen molar-refractivity contribution < 1.29 is 4.79 Å². The molecule has 1 heterocycles. The number of hydrogen-bond donors (Lipinski definition) is 2. The number of aromatic nitrogens is 1. The predicted molar refractivity (Wildman–Crippen MR) is 91.0 cm³/mol. The standard InChI is InChI=1S/C18H19ClN2O2/c1-11(13-7-6-12-4-2-3-5-14(12)8-13)21-17(22)15-9-16(19)18(23)20-10-15/h6-11H,2-5H2,1H3,(H,20,23)(H,21,22)/t11-/m1/s1. The number of fused-ring (bicyclic) bond motifs is 1. The number of nitrogens with one attached hydrogen (secondary N) is 2. The van der Waals surface area contributed by atoms with Crippen molar-refractivity contribution in [2.45, 2.75) is 38.6 Å². The van der Waals surface area contributed by atoms with Crippen molar-refractivity contribution in [3.05, 3.63) is 68.1 Å². The summed E-state index contributed by atoms with van der Waals surface area (Å²) in [5, 5.41) is 2.96. The normalized spacial score (nSPS) is 14.9. The van der Waals surface area contributed by atoms with Gasteiger partial charge >= 0.3 is 0 Å². The number of halogens is 1. The summed E-state index contributed by atoms with van der Waals surface area (Å²) >= 11 is 5.77. The summed E-state index contributed by atoms with van der Waals surface area (Å²) in [6.07, 6.45) is 6.12. The van der Waals surface area contributed by atoms with Crippen molar-refractivity contribution >= 4 is 17.5 Å². The van der Waals surface area contributed by atoms with E-state index in [1.807, 2.05) is 6.92 Å². The molecule has 0 saturated heterocycles. The second kappa shape index (κ2) is 6.59. The molecule has 0 radical (unpaired) electrons. The number of hydrogen-bond acceptors (Lipinski definition) is 2. The van der Waals surface area contributed by atoms with Crippen LogP contribution in [0, 0.1) is 0 Å². The van der Waals surface area contributed by atoms with Gasteiger partial charge in [-0.15, -0.1) is 0 Å². The number of rotatable bonds is 3. The van der Waals surface area contributed by atoms with Crippen LogP contribution in [0.2, 0.25) is 5.02 Å². The third-order valence-electron chi connectivity index (χ3n) is 4.34. The van der Waals surface area contributed by atoms with Crippen molar-refractivity contribution in [3.8, 4) is 0 Å². The van der Waals surface area contributed by atoms with Gasteiger partial charge in [-0.3, -0.25) is 9.59 Å². The van der Waals surface area contributed by atoms with E-state index in [9.17, 15) is 9.59 Å². The molecule has 3 rings (SSSR count). The molecule has 0 aliphatic heterocycles. The van der Waals surface area contributed by atoms with Crippen LogP contribution in [0.5, 0.6) is 0 Å². The number of pyridine rings is 1. The molecule has 1 amide bonds. The molecule has 1 aliphatic carbocycles. The van der Waals surface area contributed by atoms with E-state index in [1.54, 1.807) is 0 Å². The minimum atomic E-state index is -0.397. The van der Waals surface area contributed by atoms with Crippen molar-refractivity contribution in [2.75, 3.05) is 0 Å². The maximum absolute atomic E-state index is 12.3. The van der Waals surface area contributed by atoms with Gasteiger partial charge in [-0.2, -0.15) is 0 Å². The van der Waals surface area contributed by atoms with Gasteiger partial charge in [0.15, 0.2) is 0 Å². The maximum Gasteiger partial charge on any atom is 0.266 e. The Kier molecular flexibility index (Phi) is 4.53. The van der Waals surface area contributed by atoms with E-state index < -0.39 is 5.56 Å². The molecule has 1 atom stereocenters. The lowest BCUT2D eigenvalue weighted by molar-refractivity contribution is 0.0939. The summed E-state index contributed by atoms with van der Waals surface area (Å²) in [5.41, 5.74) is 3.85. The smallest absolute Gasteiger partial charge is 0.266 e. The molecule has 120 valence electrons. The van der Waals surface area contributed by atoms with E-state index in [0.29, 0.717) is 5.56 Å². The molecule has 1 aromatic heterocycles. The van der Waals surface area contributed by atoms with Crippen LogP contribution < -0.4 is 10.9 Å². The number of amides is 1. The molecule has 0 spiro atoms. The van der Waals surface area contributed by atoms with E-state index in [4.69, 9.17) is 11.6 Å². The first kappa shape index (κ1) is 15.8. The van der Waals surface area contributed by atoms with E-state index in [0.717, 1.165) is 18.4 Å². The first-order valence-corrected chi connectivity index (χ1v) is 8.23. The van der Waals surface area contributed by atoms with Crippen LogP contribution in [0.15, 0.2) is 35.3 Å². The third kappa shape index (κ3) is 3.48. The van der Waals surface area contributed by atoms with E-state index in [2.05, 4.69) is 28.5 Å². The van der Waals surface area contributed by atoms with Gasteiger partial charge in [-0.25, -0.2) is 0 Å². The zero-order valence-electron chi connectivity index (χ0n) is 13.0. The van der Waals surface area contributed by atoms with Crippen LogP contribution in [0.3, 0.4) is 0 Å². The Morgan fingerprint density at radius 1 is 1.22 bits per heavy atom. The Bertz CT molecular complexity index is 798. The minimum Gasteiger partial charge on any atom is -0.345 e. The topological polar surface area (TPSA) is 62.0 Å². The monoisotopic (exact) mass is 330 g/mol. The highest BCUT2D eigenvalue weighted by Gasteiger charge is 2.15. The maximum atomic E-state index is 12.3. The first-order chi connectivity index (χ1) is 11.0. The van der Waals surface area contributed by atoms with E-state index in [1.165, 1.54) is 36.2 Å². The Morgan fingerprint density at radius 2 is 1.96 bits per heavy atom. The molecular weight excluding hydrogens is 312 g/mol. The fourth-order valence-electron chi connectivity index (χ4n) is 2.97. The fourth-order valence-corrected chi connectivity index (χ4v) is 3.15. The van der Waals surface area contributed by atoms with Crippen LogP contribution in [0.4, 0.5) is 0 Å². The lowest BCUT2D eigenvalue weighted by Crippen LogP contribution is -2.27. The molecule has 4 nitrogen and oxygen atoms in total. The number of benzene rings is 1. The van der Waals surface area contributed by atoms with Crippen molar-refractivity contribution in [1.82, 2.24) is 10.3 Å². The molecule has 1 aliphatic rings. The first-order valence-electron chi connectivity index (χ1n) is 7.85. The number of carbonyl (C=O) groups excluding carboxylic acids is 1. The highest BCUT2D eigenvalue weighted by molar-refractivity contribution is 6.30. The molecule has 23 heavy (non-hydrogen) atoms. The average Bonchev–Trinajstić information content (AvgIpc) is 2.56. The van der Waals surface area contributed by atoms with Gasteiger partial charge in [0.25, 0.3) is 11.5 Å². The number of H-pyrrole nitrogens is 1. The van der Waals surface area contributed by atoms with Crippen molar-refractivity contribution in [2.24, 2.45) is 0 Å². The van der Waals surface area contributed by atoms with Gasteiger partial charge in [0.05, 0.1) is 11.6 Å². The predicted octanol–water partition coefficient (Wildman–Crippen LogP) is 3.40. The number of carbonyl (C=O) groups is 1. The summed E-state index contributed by atoms with van der Waals surface area (Å²) < 4.78 is 0.